The van der Waals surface area contributed by atoms with Crippen LogP contribution < -0.4 is 15.8 Å². The SMILES string of the molecule is COc1ccc(C)cc1NC(=O)CCC(C)(C)CCN. The standard InChI is InChI=1S/C16H26N2O2/c1-12-5-6-14(20-4)13(11-12)18-15(19)7-8-16(2,3)9-10-17/h5-6,11H,7-10,17H2,1-4H3,(H,18,19). The molecule has 0 atom stereocenters. The van der Waals surface area contributed by atoms with E-state index in [0.717, 1.165) is 24.1 Å². The van der Waals surface area contributed by atoms with Gasteiger partial charge in [-0.05, 0) is 49.4 Å². The van der Waals surface area contributed by atoms with Crippen molar-refractivity contribution in [3.8, 4) is 5.75 Å². The topological polar surface area (TPSA) is 64.3 Å². The van der Waals surface area contributed by atoms with E-state index in [0.29, 0.717) is 18.7 Å². The fraction of sp³-hybridized carbons (Fsp3) is 0.562. The Morgan fingerprint density at radius 3 is 2.65 bits per heavy atom. The molecule has 1 aromatic rings. The molecule has 0 radical (unpaired) electrons. The third-order valence-electron chi connectivity index (χ3n) is 3.48. The number of hydrogen-bond acceptors (Lipinski definition) is 3. The van der Waals surface area contributed by atoms with Crippen molar-refractivity contribution in [2.45, 2.75) is 40.0 Å². The summed E-state index contributed by atoms with van der Waals surface area (Å²) < 4.78 is 5.25. The molecule has 112 valence electrons. The Morgan fingerprint density at radius 2 is 2.05 bits per heavy atom. The van der Waals surface area contributed by atoms with Crippen molar-refractivity contribution in [3.63, 3.8) is 0 Å². The van der Waals surface area contributed by atoms with Crippen molar-refractivity contribution in [2.75, 3.05) is 19.0 Å². The van der Waals surface area contributed by atoms with Gasteiger partial charge < -0.3 is 15.8 Å². The molecular weight excluding hydrogens is 252 g/mol. The number of rotatable bonds is 7. The molecule has 0 bridgehead atoms. The van der Waals surface area contributed by atoms with Crippen LogP contribution in [-0.2, 0) is 4.79 Å². The lowest BCUT2D eigenvalue weighted by Gasteiger charge is -2.23. The molecule has 1 aromatic carbocycles. The molecule has 0 aliphatic heterocycles. The van der Waals surface area contributed by atoms with Gasteiger partial charge in [0.05, 0.1) is 12.8 Å². The lowest BCUT2D eigenvalue weighted by atomic mass is 9.84. The zero-order valence-electron chi connectivity index (χ0n) is 13.0. The second-order valence-corrected chi connectivity index (χ2v) is 5.95. The fourth-order valence-corrected chi connectivity index (χ4v) is 2.10. The minimum Gasteiger partial charge on any atom is -0.495 e. The lowest BCUT2D eigenvalue weighted by molar-refractivity contribution is -0.116. The summed E-state index contributed by atoms with van der Waals surface area (Å²) in [6.45, 7) is 6.92. The van der Waals surface area contributed by atoms with E-state index in [1.54, 1.807) is 7.11 Å². The van der Waals surface area contributed by atoms with Gasteiger partial charge in [-0.3, -0.25) is 4.79 Å². The Kier molecular flexibility index (Phi) is 6.02. The summed E-state index contributed by atoms with van der Waals surface area (Å²) in [7, 11) is 1.60. The van der Waals surface area contributed by atoms with E-state index in [1.807, 2.05) is 25.1 Å². The van der Waals surface area contributed by atoms with Gasteiger partial charge in [-0.15, -0.1) is 0 Å². The van der Waals surface area contributed by atoms with Crippen LogP contribution in [0.1, 0.15) is 38.7 Å². The third kappa shape index (κ3) is 5.21. The first-order valence-electron chi connectivity index (χ1n) is 7.02. The predicted molar refractivity (Wildman–Crippen MR) is 83.0 cm³/mol. The molecule has 4 heteroatoms. The van der Waals surface area contributed by atoms with Crippen LogP contribution in [0.4, 0.5) is 5.69 Å². The van der Waals surface area contributed by atoms with E-state index in [9.17, 15) is 4.79 Å². The Labute approximate surface area is 121 Å². The van der Waals surface area contributed by atoms with Crippen LogP contribution in [0.3, 0.4) is 0 Å². The largest absolute Gasteiger partial charge is 0.495 e. The van der Waals surface area contributed by atoms with E-state index in [4.69, 9.17) is 10.5 Å². The van der Waals surface area contributed by atoms with Gasteiger partial charge in [-0.2, -0.15) is 0 Å². The van der Waals surface area contributed by atoms with Crippen LogP contribution in [-0.4, -0.2) is 19.6 Å². The summed E-state index contributed by atoms with van der Waals surface area (Å²) in [6, 6.07) is 5.74. The van der Waals surface area contributed by atoms with Gasteiger partial charge in [0.25, 0.3) is 0 Å². The Bertz CT molecular complexity index is 456. The van der Waals surface area contributed by atoms with Gasteiger partial charge in [0, 0.05) is 6.42 Å². The number of carbonyl (C=O) groups is 1. The van der Waals surface area contributed by atoms with Crippen LogP contribution in [0.5, 0.6) is 5.75 Å². The van der Waals surface area contributed by atoms with Crippen LogP contribution in [0.25, 0.3) is 0 Å². The highest BCUT2D eigenvalue weighted by Gasteiger charge is 2.18. The van der Waals surface area contributed by atoms with Crippen molar-refractivity contribution in [1.82, 2.24) is 0 Å². The predicted octanol–water partition coefficient (Wildman–Crippen LogP) is 3.10. The monoisotopic (exact) mass is 278 g/mol. The van der Waals surface area contributed by atoms with Gasteiger partial charge in [-0.1, -0.05) is 19.9 Å². The number of hydrogen-bond donors (Lipinski definition) is 2. The van der Waals surface area contributed by atoms with Crippen molar-refractivity contribution >= 4 is 11.6 Å². The Hall–Kier alpha value is -1.55. The number of methoxy groups -OCH3 is 1. The normalized spacial score (nSPS) is 11.2. The summed E-state index contributed by atoms with van der Waals surface area (Å²) in [5.41, 5.74) is 7.50. The summed E-state index contributed by atoms with van der Waals surface area (Å²) in [5.74, 6) is 0.698. The van der Waals surface area contributed by atoms with Crippen molar-refractivity contribution in [1.29, 1.82) is 0 Å². The van der Waals surface area contributed by atoms with E-state index in [-0.39, 0.29) is 11.3 Å². The summed E-state index contributed by atoms with van der Waals surface area (Å²) >= 11 is 0. The molecular formula is C16H26N2O2. The number of nitrogens with one attached hydrogen (secondary N) is 1. The maximum atomic E-state index is 12.0. The molecule has 0 aromatic heterocycles. The molecule has 0 aliphatic rings. The van der Waals surface area contributed by atoms with Gasteiger partial charge in [0.1, 0.15) is 5.75 Å². The number of benzene rings is 1. The van der Waals surface area contributed by atoms with E-state index < -0.39 is 0 Å². The van der Waals surface area contributed by atoms with E-state index >= 15 is 0 Å². The molecule has 1 rings (SSSR count). The number of ether oxygens (including phenoxy) is 1. The van der Waals surface area contributed by atoms with Crippen molar-refractivity contribution in [3.05, 3.63) is 23.8 Å². The third-order valence-corrected chi connectivity index (χ3v) is 3.48. The maximum Gasteiger partial charge on any atom is 0.224 e. The van der Waals surface area contributed by atoms with Crippen molar-refractivity contribution < 1.29 is 9.53 Å². The number of amides is 1. The zero-order chi connectivity index (χ0) is 15.2. The van der Waals surface area contributed by atoms with Gasteiger partial charge in [0.15, 0.2) is 0 Å². The molecule has 0 heterocycles. The summed E-state index contributed by atoms with van der Waals surface area (Å²) in [4.78, 5) is 12.0. The second-order valence-electron chi connectivity index (χ2n) is 5.95. The number of aryl methyl sites for hydroxylation is 1. The average molecular weight is 278 g/mol. The number of carbonyl (C=O) groups excluding carboxylic acids is 1. The molecule has 0 saturated carbocycles. The second kappa shape index (κ2) is 7.29. The highest BCUT2D eigenvalue weighted by atomic mass is 16.5. The molecule has 4 nitrogen and oxygen atoms in total. The van der Waals surface area contributed by atoms with Crippen LogP contribution in [0.2, 0.25) is 0 Å². The van der Waals surface area contributed by atoms with Gasteiger partial charge in [-0.25, -0.2) is 0 Å². The summed E-state index contributed by atoms with van der Waals surface area (Å²) in [6.07, 6.45) is 2.24. The summed E-state index contributed by atoms with van der Waals surface area (Å²) in [5, 5.41) is 2.92. The van der Waals surface area contributed by atoms with Gasteiger partial charge >= 0.3 is 0 Å². The van der Waals surface area contributed by atoms with Gasteiger partial charge in [0.2, 0.25) is 5.91 Å². The number of nitrogens with two attached hydrogens (primary N) is 1. The smallest absolute Gasteiger partial charge is 0.224 e. The highest BCUT2D eigenvalue weighted by molar-refractivity contribution is 5.92. The molecule has 0 unspecified atom stereocenters. The first-order chi connectivity index (χ1) is 9.38. The van der Waals surface area contributed by atoms with Crippen LogP contribution >= 0.6 is 0 Å². The van der Waals surface area contributed by atoms with Crippen LogP contribution in [0, 0.1) is 12.3 Å². The molecule has 3 N–H and O–H groups in total. The Balaban J connectivity index is 2.61. The lowest BCUT2D eigenvalue weighted by Crippen LogP contribution is -2.20. The molecule has 0 aliphatic carbocycles. The van der Waals surface area contributed by atoms with Crippen molar-refractivity contribution in [2.24, 2.45) is 11.1 Å². The maximum absolute atomic E-state index is 12.0. The molecule has 0 saturated heterocycles. The van der Waals surface area contributed by atoms with E-state index in [2.05, 4.69) is 19.2 Å². The zero-order valence-corrected chi connectivity index (χ0v) is 13.0. The fourth-order valence-electron chi connectivity index (χ4n) is 2.10. The Morgan fingerprint density at radius 1 is 1.35 bits per heavy atom. The molecule has 20 heavy (non-hydrogen) atoms. The minimum atomic E-state index is 0.0130. The highest BCUT2D eigenvalue weighted by Crippen LogP contribution is 2.28. The molecule has 0 fully saturated rings. The quantitative estimate of drug-likeness (QED) is 0.805. The molecule has 1 amide bonds. The molecule has 0 spiro atoms. The van der Waals surface area contributed by atoms with E-state index in [1.165, 1.54) is 0 Å². The minimum absolute atomic E-state index is 0.0130. The number of anilines is 1. The average Bonchev–Trinajstić information content (AvgIpc) is 2.37. The first-order valence-corrected chi connectivity index (χ1v) is 7.02. The van der Waals surface area contributed by atoms with Crippen LogP contribution in [0.15, 0.2) is 18.2 Å². The first kappa shape index (κ1) is 16.5.